The second-order valence-electron chi connectivity index (χ2n) is 7.39. The van der Waals surface area contributed by atoms with Gasteiger partial charge in [-0.15, -0.1) is 0 Å². The van der Waals surface area contributed by atoms with Crippen LogP contribution in [0.25, 0.3) is 0 Å². The van der Waals surface area contributed by atoms with Crippen molar-refractivity contribution in [3.8, 4) is 0 Å². The summed E-state index contributed by atoms with van der Waals surface area (Å²) in [4.78, 5) is 21.2. The van der Waals surface area contributed by atoms with Crippen molar-refractivity contribution in [3.05, 3.63) is 23.9 Å². The largest absolute Gasteiger partial charge is 0.357 e. The van der Waals surface area contributed by atoms with Crippen molar-refractivity contribution < 1.29 is 4.79 Å². The summed E-state index contributed by atoms with van der Waals surface area (Å²) in [5, 5.41) is 5.86. The lowest BCUT2D eigenvalue weighted by Gasteiger charge is -2.33. The SMILES string of the molecule is CCN(CC)c1ccc(CNC(=O)NCCCCN2CCCCC2C)cn1. The molecule has 6 heteroatoms. The smallest absolute Gasteiger partial charge is 0.315 e. The maximum atomic E-state index is 11.9. The molecule has 1 aliphatic heterocycles. The zero-order valence-electron chi connectivity index (χ0n) is 17.3. The van der Waals surface area contributed by atoms with Gasteiger partial charge in [0.2, 0.25) is 0 Å². The molecule has 152 valence electrons. The van der Waals surface area contributed by atoms with E-state index >= 15 is 0 Å². The lowest BCUT2D eigenvalue weighted by molar-refractivity contribution is 0.158. The third-order valence-corrected chi connectivity index (χ3v) is 5.45. The van der Waals surface area contributed by atoms with Gasteiger partial charge >= 0.3 is 6.03 Å². The van der Waals surface area contributed by atoms with E-state index in [1.165, 1.54) is 25.8 Å². The first-order valence-electron chi connectivity index (χ1n) is 10.6. The van der Waals surface area contributed by atoms with Crippen LogP contribution in [-0.4, -0.2) is 54.7 Å². The molecule has 2 amide bonds. The Morgan fingerprint density at radius 3 is 2.70 bits per heavy atom. The molecule has 27 heavy (non-hydrogen) atoms. The van der Waals surface area contributed by atoms with E-state index in [1.807, 2.05) is 18.3 Å². The third kappa shape index (κ3) is 7.37. The fourth-order valence-electron chi connectivity index (χ4n) is 3.63. The van der Waals surface area contributed by atoms with Gasteiger partial charge in [-0.2, -0.15) is 0 Å². The molecule has 6 nitrogen and oxygen atoms in total. The minimum Gasteiger partial charge on any atom is -0.357 e. The number of anilines is 1. The van der Waals surface area contributed by atoms with Crippen LogP contribution < -0.4 is 15.5 Å². The summed E-state index contributed by atoms with van der Waals surface area (Å²) >= 11 is 0. The van der Waals surface area contributed by atoms with E-state index < -0.39 is 0 Å². The molecule has 0 aromatic carbocycles. The predicted octanol–water partition coefficient (Wildman–Crippen LogP) is 3.38. The number of hydrogen-bond acceptors (Lipinski definition) is 4. The molecule has 2 N–H and O–H groups in total. The van der Waals surface area contributed by atoms with Crippen molar-refractivity contribution in [1.29, 1.82) is 0 Å². The van der Waals surface area contributed by atoms with E-state index in [-0.39, 0.29) is 6.03 Å². The van der Waals surface area contributed by atoms with Crippen molar-refractivity contribution in [2.45, 2.75) is 65.5 Å². The number of amides is 2. The van der Waals surface area contributed by atoms with Crippen molar-refractivity contribution in [3.63, 3.8) is 0 Å². The number of piperidine rings is 1. The van der Waals surface area contributed by atoms with Crippen LogP contribution in [0.5, 0.6) is 0 Å². The van der Waals surface area contributed by atoms with Crippen LogP contribution in [0, 0.1) is 0 Å². The maximum Gasteiger partial charge on any atom is 0.315 e. The number of unbranched alkanes of at least 4 members (excludes halogenated alkanes) is 1. The Labute approximate surface area is 164 Å². The second kappa shape index (κ2) is 11.8. The number of rotatable bonds is 10. The zero-order chi connectivity index (χ0) is 19.5. The summed E-state index contributed by atoms with van der Waals surface area (Å²) in [6.45, 7) is 12.1. The molecular weight excluding hydrogens is 338 g/mol. The summed E-state index contributed by atoms with van der Waals surface area (Å²) in [6, 6.07) is 4.66. The Morgan fingerprint density at radius 2 is 2.04 bits per heavy atom. The predicted molar refractivity (Wildman–Crippen MR) is 112 cm³/mol. The van der Waals surface area contributed by atoms with Crippen molar-refractivity contribution >= 4 is 11.8 Å². The van der Waals surface area contributed by atoms with Gasteiger partial charge in [0, 0.05) is 38.4 Å². The molecule has 0 aliphatic carbocycles. The normalized spacial score (nSPS) is 17.5. The highest BCUT2D eigenvalue weighted by Crippen LogP contribution is 2.16. The summed E-state index contributed by atoms with van der Waals surface area (Å²) in [5.74, 6) is 0.983. The van der Waals surface area contributed by atoms with E-state index in [1.54, 1.807) is 0 Å². The molecule has 1 aliphatic rings. The van der Waals surface area contributed by atoms with Crippen LogP contribution in [0.1, 0.15) is 58.4 Å². The van der Waals surface area contributed by atoms with E-state index in [4.69, 9.17) is 0 Å². The second-order valence-corrected chi connectivity index (χ2v) is 7.39. The first-order chi connectivity index (χ1) is 13.1. The Morgan fingerprint density at radius 1 is 1.22 bits per heavy atom. The van der Waals surface area contributed by atoms with Crippen LogP contribution in [0.2, 0.25) is 0 Å². The number of carbonyl (C=O) groups excluding carboxylic acids is 1. The lowest BCUT2D eigenvalue weighted by atomic mass is 10.0. The topological polar surface area (TPSA) is 60.5 Å². The Hall–Kier alpha value is -1.82. The number of pyridine rings is 1. The standard InChI is InChI=1S/C21H37N5O/c1-4-25(5-2)20-12-11-19(16-23-20)17-24-21(27)22-13-7-9-15-26-14-8-6-10-18(26)3/h11-12,16,18H,4-10,13-15,17H2,1-3H3,(H2,22,24,27). The Kier molecular flexibility index (Phi) is 9.39. The molecule has 1 fully saturated rings. The fraction of sp³-hybridized carbons (Fsp3) is 0.714. The van der Waals surface area contributed by atoms with Gasteiger partial charge in [0.1, 0.15) is 5.82 Å². The highest BCUT2D eigenvalue weighted by molar-refractivity contribution is 5.73. The molecule has 1 atom stereocenters. The zero-order valence-corrected chi connectivity index (χ0v) is 17.3. The van der Waals surface area contributed by atoms with Gasteiger partial charge in [0.25, 0.3) is 0 Å². The molecule has 2 heterocycles. The number of aromatic nitrogens is 1. The first-order valence-corrected chi connectivity index (χ1v) is 10.6. The highest BCUT2D eigenvalue weighted by atomic mass is 16.2. The number of carbonyl (C=O) groups is 1. The molecule has 1 unspecified atom stereocenters. The van der Waals surface area contributed by atoms with Gasteiger partial charge < -0.3 is 20.4 Å². The van der Waals surface area contributed by atoms with Gasteiger partial charge in [0.05, 0.1) is 0 Å². The summed E-state index contributed by atoms with van der Waals surface area (Å²) in [7, 11) is 0. The number of likely N-dealkylation sites (tertiary alicyclic amines) is 1. The highest BCUT2D eigenvalue weighted by Gasteiger charge is 2.17. The molecular formula is C21H37N5O. The molecule has 1 aromatic heterocycles. The van der Waals surface area contributed by atoms with Crippen molar-refractivity contribution in [1.82, 2.24) is 20.5 Å². The monoisotopic (exact) mass is 375 g/mol. The van der Waals surface area contributed by atoms with Gasteiger partial charge in [0.15, 0.2) is 0 Å². The van der Waals surface area contributed by atoms with Crippen LogP contribution >= 0.6 is 0 Å². The molecule has 0 saturated carbocycles. The summed E-state index contributed by atoms with van der Waals surface area (Å²) < 4.78 is 0. The number of nitrogens with zero attached hydrogens (tertiary/aromatic N) is 3. The lowest BCUT2D eigenvalue weighted by Crippen LogP contribution is -2.38. The van der Waals surface area contributed by atoms with Gasteiger partial charge in [-0.05, 0) is 71.2 Å². The van der Waals surface area contributed by atoms with E-state index in [0.29, 0.717) is 6.54 Å². The molecule has 0 spiro atoms. The molecule has 1 aromatic rings. The minimum atomic E-state index is -0.103. The van der Waals surface area contributed by atoms with Crippen LogP contribution in [0.3, 0.4) is 0 Å². The maximum absolute atomic E-state index is 11.9. The molecule has 2 rings (SSSR count). The number of hydrogen-bond donors (Lipinski definition) is 2. The van der Waals surface area contributed by atoms with E-state index in [9.17, 15) is 4.79 Å². The van der Waals surface area contributed by atoms with Crippen LogP contribution in [0.4, 0.5) is 10.6 Å². The fourth-order valence-corrected chi connectivity index (χ4v) is 3.63. The average Bonchev–Trinajstić information content (AvgIpc) is 2.69. The van der Waals surface area contributed by atoms with Crippen LogP contribution in [-0.2, 0) is 6.54 Å². The van der Waals surface area contributed by atoms with Crippen LogP contribution in [0.15, 0.2) is 18.3 Å². The molecule has 0 bridgehead atoms. The van der Waals surface area contributed by atoms with Gasteiger partial charge in [-0.1, -0.05) is 12.5 Å². The van der Waals surface area contributed by atoms with E-state index in [0.717, 1.165) is 56.4 Å². The molecule has 0 radical (unpaired) electrons. The Bertz CT molecular complexity index is 544. The first kappa shape index (κ1) is 21.5. The Balaban J connectivity index is 1.58. The quantitative estimate of drug-likeness (QED) is 0.616. The third-order valence-electron chi connectivity index (χ3n) is 5.45. The van der Waals surface area contributed by atoms with Gasteiger partial charge in [-0.25, -0.2) is 9.78 Å². The average molecular weight is 376 g/mol. The minimum absolute atomic E-state index is 0.103. The van der Waals surface area contributed by atoms with E-state index in [2.05, 4.69) is 46.2 Å². The molecule has 1 saturated heterocycles. The number of urea groups is 1. The van der Waals surface area contributed by atoms with Crippen molar-refractivity contribution in [2.24, 2.45) is 0 Å². The number of nitrogens with one attached hydrogen (secondary N) is 2. The van der Waals surface area contributed by atoms with Gasteiger partial charge in [-0.3, -0.25) is 0 Å². The van der Waals surface area contributed by atoms with Crippen molar-refractivity contribution in [2.75, 3.05) is 37.6 Å². The summed E-state index contributed by atoms with van der Waals surface area (Å²) in [6.07, 6.45) is 8.03. The summed E-state index contributed by atoms with van der Waals surface area (Å²) in [5.41, 5.74) is 1.01.